The first-order chi connectivity index (χ1) is 11.7. The van der Waals surface area contributed by atoms with Crippen molar-refractivity contribution in [3.05, 3.63) is 66.4 Å². The van der Waals surface area contributed by atoms with Gasteiger partial charge in [-0.05, 0) is 61.7 Å². The van der Waals surface area contributed by atoms with E-state index in [4.69, 9.17) is 0 Å². The normalized spacial score (nSPS) is 16.5. The number of hydrogen-bond acceptors (Lipinski definition) is 3. The molecule has 0 bridgehead atoms. The SMILES string of the molecule is O=S(=O)(c1ccccc1)n1ccc2c(C3CCNCC3)cccc21. The summed E-state index contributed by atoms with van der Waals surface area (Å²) in [6, 6.07) is 16.5. The van der Waals surface area contributed by atoms with Crippen LogP contribution in [0.25, 0.3) is 10.9 Å². The Morgan fingerprint density at radius 1 is 0.917 bits per heavy atom. The summed E-state index contributed by atoms with van der Waals surface area (Å²) in [5, 5.41) is 4.43. The van der Waals surface area contributed by atoms with E-state index in [1.807, 2.05) is 24.3 Å². The van der Waals surface area contributed by atoms with Crippen LogP contribution in [0.3, 0.4) is 0 Å². The molecular formula is C19H20N2O2S. The van der Waals surface area contributed by atoms with E-state index in [1.54, 1.807) is 30.5 Å². The Labute approximate surface area is 142 Å². The standard InChI is InChI=1S/C19H20N2O2S/c22-24(23,16-5-2-1-3-6-16)21-14-11-18-17(7-4-8-19(18)21)15-9-12-20-13-10-15/h1-8,11,14-15,20H,9-10,12-13H2. The van der Waals surface area contributed by atoms with Crippen LogP contribution in [-0.2, 0) is 10.0 Å². The second-order valence-corrected chi connectivity index (χ2v) is 8.05. The highest BCUT2D eigenvalue weighted by Crippen LogP contribution is 2.33. The predicted molar refractivity (Wildman–Crippen MR) is 95.8 cm³/mol. The van der Waals surface area contributed by atoms with Crippen LogP contribution < -0.4 is 5.32 Å². The van der Waals surface area contributed by atoms with Crippen molar-refractivity contribution in [2.24, 2.45) is 0 Å². The first-order valence-corrected chi connectivity index (χ1v) is 9.73. The lowest BCUT2D eigenvalue weighted by molar-refractivity contribution is 0.462. The molecule has 0 spiro atoms. The average molecular weight is 340 g/mol. The molecule has 0 atom stereocenters. The smallest absolute Gasteiger partial charge is 0.268 e. The number of fused-ring (bicyclic) bond motifs is 1. The fourth-order valence-electron chi connectivity index (χ4n) is 3.57. The summed E-state index contributed by atoms with van der Waals surface area (Å²) < 4.78 is 27.3. The predicted octanol–water partition coefficient (Wildman–Crippen LogP) is 3.35. The van der Waals surface area contributed by atoms with Crippen molar-refractivity contribution in [1.82, 2.24) is 9.29 Å². The van der Waals surface area contributed by atoms with E-state index in [0.717, 1.165) is 36.8 Å². The second-order valence-electron chi connectivity index (χ2n) is 6.23. The second kappa shape index (κ2) is 6.07. The highest BCUT2D eigenvalue weighted by atomic mass is 32.2. The fraction of sp³-hybridized carbons (Fsp3) is 0.263. The Morgan fingerprint density at radius 3 is 2.42 bits per heavy atom. The van der Waals surface area contributed by atoms with Crippen LogP contribution in [0.1, 0.15) is 24.3 Å². The van der Waals surface area contributed by atoms with Gasteiger partial charge in [0.2, 0.25) is 0 Å². The summed E-state index contributed by atoms with van der Waals surface area (Å²) in [6.07, 6.45) is 3.86. The van der Waals surface area contributed by atoms with Gasteiger partial charge in [0.25, 0.3) is 10.0 Å². The Hall–Kier alpha value is -2.11. The van der Waals surface area contributed by atoms with E-state index in [1.165, 1.54) is 9.54 Å². The van der Waals surface area contributed by atoms with Gasteiger partial charge in [0.05, 0.1) is 10.4 Å². The summed E-state index contributed by atoms with van der Waals surface area (Å²) >= 11 is 0. The number of rotatable bonds is 3. The number of nitrogens with one attached hydrogen (secondary N) is 1. The third-order valence-electron chi connectivity index (χ3n) is 4.81. The van der Waals surface area contributed by atoms with Gasteiger partial charge in [0, 0.05) is 11.6 Å². The van der Waals surface area contributed by atoms with Gasteiger partial charge in [0.15, 0.2) is 0 Å². The van der Waals surface area contributed by atoms with E-state index in [2.05, 4.69) is 11.4 Å². The third kappa shape index (κ3) is 2.54. The zero-order valence-corrected chi connectivity index (χ0v) is 14.2. The summed E-state index contributed by atoms with van der Waals surface area (Å²) in [7, 11) is -3.57. The maximum absolute atomic E-state index is 12.9. The number of benzene rings is 2. The first-order valence-electron chi connectivity index (χ1n) is 8.29. The number of aromatic nitrogens is 1. The Balaban J connectivity index is 1.84. The largest absolute Gasteiger partial charge is 0.317 e. The number of piperidine rings is 1. The van der Waals surface area contributed by atoms with Crippen molar-refractivity contribution in [1.29, 1.82) is 0 Å². The number of nitrogens with zero attached hydrogens (tertiary/aromatic N) is 1. The molecule has 0 radical (unpaired) electrons. The van der Waals surface area contributed by atoms with Crippen molar-refractivity contribution >= 4 is 20.9 Å². The minimum Gasteiger partial charge on any atom is -0.317 e. The lowest BCUT2D eigenvalue weighted by atomic mass is 9.88. The topological polar surface area (TPSA) is 51.1 Å². The van der Waals surface area contributed by atoms with Crippen LogP contribution in [-0.4, -0.2) is 25.5 Å². The molecule has 1 aliphatic heterocycles. The fourth-order valence-corrected chi connectivity index (χ4v) is 4.94. The molecular weight excluding hydrogens is 320 g/mol. The molecule has 4 rings (SSSR count). The van der Waals surface area contributed by atoms with Gasteiger partial charge in [-0.3, -0.25) is 0 Å². The minimum atomic E-state index is -3.57. The van der Waals surface area contributed by atoms with Crippen LogP contribution in [0.4, 0.5) is 0 Å². The van der Waals surface area contributed by atoms with E-state index in [0.29, 0.717) is 10.8 Å². The molecule has 1 fully saturated rings. The molecule has 2 aromatic carbocycles. The van der Waals surface area contributed by atoms with Crippen molar-refractivity contribution < 1.29 is 8.42 Å². The molecule has 3 aromatic rings. The number of hydrogen-bond donors (Lipinski definition) is 1. The average Bonchev–Trinajstić information content (AvgIpc) is 3.08. The molecule has 1 aliphatic rings. The molecule has 2 heterocycles. The van der Waals surface area contributed by atoms with E-state index >= 15 is 0 Å². The minimum absolute atomic E-state index is 0.315. The third-order valence-corrected chi connectivity index (χ3v) is 6.51. The van der Waals surface area contributed by atoms with Crippen molar-refractivity contribution in [3.63, 3.8) is 0 Å². The lowest BCUT2D eigenvalue weighted by Crippen LogP contribution is -2.26. The van der Waals surface area contributed by atoms with Gasteiger partial charge in [0.1, 0.15) is 0 Å². The zero-order chi connectivity index (χ0) is 16.6. The Morgan fingerprint density at radius 2 is 1.67 bits per heavy atom. The van der Waals surface area contributed by atoms with Crippen LogP contribution >= 0.6 is 0 Å². The van der Waals surface area contributed by atoms with Crippen LogP contribution in [0.5, 0.6) is 0 Å². The van der Waals surface area contributed by atoms with Crippen LogP contribution in [0.2, 0.25) is 0 Å². The first kappa shape index (κ1) is 15.4. The maximum atomic E-state index is 12.9. The molecule has 0 amide bonds. The van der Waals surface area contributed by atoms with Crippen molar-refractivity contribution in [2.45, 2.75) is 23.7 Å². The van der Waals surface area contributed by atoms with Gasteiger partial charge >= 0.3 is 0 Å². The summed E-state index contributed by atoms with van der Waals surface area (Å²) in [6.45, 7) is 2.04. The van der Waals surface area contributed by atoms with Crippen molar-refractivity contribution in [2.75, 3.05) is 13.1 Å². The molecule has 0 saturated carbocycles. The van der Waals surface area contributed by atoms with Crippen molar-refractivity contribution in [3.8, 4) is 0 Å². The summed E-state index contributed by atoms with van der Waals surface area (Å²) in [5.74, 6) is 0.491. The monoisotopic (exact) mass is 340 g/mol. The highest BCUT2D eigenvalue weighted by Gasteiger charge is 2.22. The lowest BCUT2D eigenvalue weighted by Gasteiger charge is -2.23. The molecule has 0 aliphatic carbocycles. The molecule has 5 heteroatoms. The van der Waals surface area contributed by atoms with Gasteiger partial charge in [-0.2, -0.15) is 0 Å². The Kier molecular flexibility index (Phi) is 3.90. The van der Waals surface area contributed by atoms with Crippen LogP contribution in [0, 0.1) is 0 Å². The molecule has 1 N–H and O–H groups in total. The molecule has 1 aromatic heterocycles. The van der Waals surface area contributed by atoms with E-state index < -0.39 is 10.0 Å². The molecule has 24 heavy (non-hydrogen) atoms. The summed E-state index contributed by atoms with van der Waals surface area (Å²) in [4.78, 5) is 0.315. The van der Waals surface area contributed by atoms with Gasteiger partial charge in [-0.25, -0.2) is 12.4 Å². The van der Waals surface area contributed by atoms with Gasteiger partial charge in [-0.15, -0.1) is 0 Å². The Bertz CT molecular complexity index is 955. The molecule has 0 unspecified atom stereocenters. The highest BCUT2D eigenvalue weighted by molar-refractivity contribution is 7.90. The van der Waals surface area contributed by atoms with Gasteiger partial charge in [-0.1, -0.05) is 30.3 Å². The summed E-state index contributed by atoms with van der Waals surface area (Å²) in [5.41, 5.74) is 2.02. The van der Waals surface area contributed by atoms with Gasteiger partial charge < -0.3 is 5.32 Å². The van der Waals surface area contributed by atoms with Crippen LogP contribution in [0.15, 0.2) is 65.7 Å². The molecule has 124 valence electrons. The maximum Gasteiger partial charge on any atom is 0.268 e. The molecule has 4 nitrogen and oxygen atoms in total. The van der Waals surface area contributed by atoms with E-state index in [9.17, 15) is 8.42 Å². The molecule has 1 saturated heterocycles. The quantitative estimate of drug-likeness (QED) is 0.795. The van der Waals surface area contributed by atoms with E-state index in [-0.39, 0.29) is 0 Å². The zero-order valence-electron chi connectivity index (χ0n) is 13.4.